The van der Waals surface area contributed by atoms with Gasteiger partial charge in [-0.25, -0.2) is 0 Å². The van der Waals surface area contributed by atoms with Gasteiger partial charge in [-0.3, -0.25) is 14.5 Å². The molecular weight excluding hydrogens is 248 g/mol. The first kappa shape index (κ1) is 13.4. The molecule has 1 aliphatic heterocycles. The second-order valence-corrected chi connectivity index (χ2v) is 4.40. The van der Waals surface area contributed by atoms with E-state index in [1.54, 1.807) is 18.2 Å². The predicted molar refractivity (Wildman–Crippen MR) is 67.7 cm³/mol. The standard InChI is InChI=1S/C13H16N2O4/c1-15-11(16)6-9(13(15)18)14-7-8-4-3-5-10(19-2)12(8)17/h3-5,9,14,17H,6-7H2,1-2H3. The highest BCUT2D eigenvalue weighted by molar-refractivity contribution is 6.05. The normalized spacial score (nSPS) is 19.1. The summed E-state index contributed by atoms with van der Waals surface area (Å²) in [5.41, 5.74) is 0.620. The fourth-order valence-electron chi connectivity index (χ4n) is 2.02. The van der Waals surface area contributed by atoms with E-state index in [-0.39, 0.29) is 24.0 Å². The lowest BCUT2D eigenvalue weighted by molar-refractivity contribution is -0.137. The number of nitrogens with one attached hydrogen (secondary N) is 1. The Bertz CT molecular complexity index is 515. The zero-order valence-electron chi connectivity index (χ0n) is 10.8. The number of imide groups is 1. The van der Waals surface area contributed by atoms with E-state index < -0.39 is 6.04 Å². The van der Waals surface area contributed by atoms with Gasteiger partial charge in [0, 0.05) is 19.2 Å². The summed E-state index contributed by atoms with van der Waals surface area (Å²) in [6.07, 6.45) is 0.153. The summed E-state index contributed by atoms with van der Waals surface area (Å²) in [7, 11) is 2.94. The lowest BCUT2D eigenvalue weighted by Gasteiger charge is -2.13. The van der Waals surface area contributed by atoms with Crippen LogP contribution in [0, 0.1) is 0 Å². The first-order valence-corrected chi connectivity index (χ1v) is 5.93. The van der Waals surface area contributed by atoms with Gasteiger partial charge in [0.15, 0.2) is 11.5 Å². The number of ether oxygens (including phenoxy) is 1. The molecule has 1 aromatic rings. The van der Waals surface area contributed by atoms with E-state index in [1.807, 2.05) is 0 Å². The molecule has 1 atom stereocenters. The number of phenols is 1. The van der Waals surface area contributed by atoms with Gasteiger partial charge in [-0.1, -0.05) is 12.1 Å². The van der Waals surface area contributed by atoms with E-state index in [1.165, 1.54) is 14.2 Å². The first-order valence-electron chi connectivity index (χ1n) is 5.93. The SMILES string of the molecule is COc1cccc(CNC2CC(=O)N(C)C2=O)c1O. The number of carbonyl (C=O) groups excluding carboxylic acids is 2. The molecule has 6 heteroatoms. The Labute approximate surface area is 111 Å². The second kappa shape index (κ2) is 5.27. The van der Waals surface area contributed by atoms with Crippen molar-refractivity contribution in [2.75, 3.05) is 14.2 Å². The minimum Gasteiger partial charge on any atom is -0.504 e. The molecule has 6 nitrogen and oxygen atoms in total. The molecule has 2 amide bonds. The monoisotopic (exact) mass is 264 g/mol. The van der Waals surface area contributed by atoms with Crippen LogP contribution in [0.3, 0.4) is 0 Å². The number of rotatable bonds is 4. The lowest BCUT2D eigenvalue weighted by atomic mass is 10.1. The van der Waals surface area contributed by atoms with Gasteiger partial charge < -0.3 is 15.2 Å². The molecule has 2 rings (SSSR count). The maximum atomic E-state index is 11.7. The molecule has 1 aliphatic rings. The maximum absolute atomic E-state index is 11.7. The van der Waals surface area contributed by atoms with Crippen LogP contribution >= 0.6 is 0 Å². The van der Waals surface area contributed by atoms with Crippen molar-refractivity contribution in [1.29, 1.82) is 0 Å². The molecule has 1 unspecified atom stereocenters. The van der Waals surface area contributed by atoms with Crippen LogP contribution in [0.4, 0.5) is 0 Å². The molecule has 1 aromatic carbocycles. The molecule has 0 saturated carbocycles. The Morgan fingerprint density at radius 1 is 1.47 bits per heavy atom. The van der Waals surface area contributed by atoms with E-state index in [4.69, 9.17) is 4.74 Å². The molecule has 102 valence electrons. The number of carbonyl (C=O) groups is 2. The van der Waals surface area contributed by atoms with Gasteiger partial charge in [-0.05, 0) is 6.07 Å². The first-order chi connectivity index (χ1) is 9.04. The van der Waals surface area contributed by atoms with E-state index in [0.29, 0.717) is 17.9 Å². The number of benzene rings is 1. The topological polar surface area (TPSA) is 78.9 Å². The number of para-hydroxylation sites is 1. The summed E-state index contributed by atoms with van der Waals surface area (Å²) in [6.45, 7) is 0.292. The molecule has 1 saturated heterocycles. The van der Waals surface area contributed by atoms with E-state index in [0.717, 1.165) is 4.90 Å². The number of aromatic hydroxyl groups is 1. The third kappa shape index (κ3) is 2.53. The van der Waals surface area contributed by atoms with E-state index in [9.17, 15) is 14.7 Å². The van der Waals surface area contributed by atoms with Crippen molar-refractivity contribution >= 4 is 11.8 Å². The fourth-order valence-corrected chi connectivity index (χ4v) is 2.02. The molecule has 0 aromatic heterocycles. The van der Waals surface area contributed by atoms with Crippen LogP contribution in [0.25, 0.3) is 0 Å². The van der Waals surface area contributed by atoms with Gasteiger partial charge in [-0.2, -0.15) is 0 Å². The average molecular weight is 264 g/mol. The van der Waals surface area contributed by atoms with Crippen molar-refractivity contribution in [3.05, 3.63) is 23.8 Å². The van der Waals surface area contributed by atoms with Crippen molar-refractivity contribution in [3.63, 3.8) is 0 Å². The molecule has 1 fully saturated rings. The number of amides is 2. The smallest absolute Gasteiger partial charge is 0.246 e. The third-order valence-corrected chi connectivity index (χ3v) is 3.22. The van der Waals surface area contributed by atoms with E-state index >= 15 is 0 Å². The van der Waals surface area contributed by atoms with Crippen LogP contribution in [0.5, 0.6) is 11.5 Å². The van der Waals surface area contributed by atoms with Gasteiger partial charge in [0.25, 0.3) is 0 Å². The van der Waals surface area contributed by atoms with Crippen molar-refractivity contribution in [2.24, 2.45) is 0 Å². The van der Waals surface area contributed by atoms with Crippen LogP contribution < -0.4 is 10.1 Å². The van der Waals surface area contributed by atoms with Crippen molar-refractivity contribution < 1.29 is 19.4 Å². The number of hydrogen-bond donors (Lipinski definition) is 2. The number of likely N-dealkylation sites (tertiary alicyclic amines) is 1. The highest BCUT2D eigenvalue weighted by Gasteiger charge is 2.35. The van der Waals surface area contributed by atoms with Crippen LogP contribution in [0.2, 0.25) is 0 Å². The predicted octanol–water partition coefficient (Wildman–Crippen LogP) is 0.248. The maximum Gasteiger partial charge on any atom is 0.246 e. The van der Waals surface area contributed by atoms with Crippen molar-refractivity contribution in [2.45, 2.75) is 19.0 Å². The third-order valence-electron chi connectivity index (χ3n) is 3.22. The Hall–Kier alpha value is -2.08. The van der Waals surface area contributed by atoms with Gasteiger partial charge >= 0.3 is 0 Å². The van der Waals surface area contributed by atoms with Crippen molar-refractivity contribution in [3.8, 4) is 11.5 Å². The highest BCUT2D eigenvalue weighted by atomic mass is 16.5. The summed E-state index contributed by atoms with van der Waals surface area (Å²) >= 11 is 0. The number of likely N-dealkylation sites (N-methyl/N-ethyl adjacent to an activating group) is 1. The van der Waals surface area contributed by atoms with Crippen LogP contribution in [-0.4, -0.2) is 42.0 Å². The summed E-state index contributed by atoms with van der Waals surface area (Å²) in [6, 6.07) is 4.61. The average Bonchev–Trinajstić information content (AvgIpc) is 2.65. The minimum atomic E-state index is -0.525. The van der Waals surface area contributed by atoms with Crippen LogP contribution in [-0.2, 0) is 16.1 Å². The lowest BCUT2D eigenvalue weighted by Crippen LogP contribution is -2.36. The zero-order chi connectivity index (χ0) is 14.0. The zero-order valence-corrected chi connectivity index (χ0v) is 10.8. The summed E-state index contributed by atoms with van der Waals surface area (Å²) in [4.78, 5) is 24.2. The second-order valence-electron chi connectivity index (χ2n) is 4.40. The van der Waals surface area contributed by atoms with Crippen molar-refractivity contribution in [1.82, 2.24) is 10.2 Å². The van der Waals surface area contributed by atoms with Crippen LogP contribution in [0.15, 0.2) is 18.2 Å². The molecule has 1 heterocycles. The summed E-state index contributed by atoms with van der Waals surface area (Å²) in [5.74, 6) is -0.0161. The minimum absolute atomic E-state index is 0.0441. The molecule has 0 radical (unpaired) electrons. The Morgan fingerprint density at radius 2 is 2.21 bits per heavy atom. The molecule has 19 heavy (non-hydrogen) atoms. The molecule has 2 N–H and O–H groups in total. The highest BCUT2D eigenvalue weighted by Crippen LogP contribution is 2.29. The summed E-state index contributed by atoms with van der Waals surface area (Å²) in [5, 5.41) is 12.9. The summed E-state index contributed by atoms with van der Waals surface area (Å²) < 4.78 is 5.01. The number of methoxy groups -OCH3 is 1. The molecule has 0 bridgehead atoms. The Kier molecular flexibility index (Phi) is 3.71. The fraction of sp³-hybridized carbons (Fsp3) is 0.385. The van der Waals surface area contributed by atoms with Crippen LogP contribution in [0.1, 0.15) is 12.0 Å². The number of hydrogen-bond acceptors (Lipinski definition) is 5. The van der Waals surface area contributed by atoms with Gasteiger partial charge in [0.1, 0.15) is 0 Å². The number of nitrogens with zero attached hydrogens (tertiary/aromatic N) is 1. The van der Waals surface area contributed by atoms with E-state index in [2.05, 4.69) is 5.32 Å². The quantitative estimate of drug-likeness (QED) is 0.762. The van der Waals surface area contributed by atoms with Gasteiger partial charge in [0.05, 0.1) is 19.6 Å². The number of phenolic OH excluding ortho intramolecular Hbond substituents is 1. The Balaban J connectivity index is 2.04. The molecule has 0 spiro atoms. The molecular formula is C13H16N2O4. The van der Waals surface area contributed by atoms with Gasteiger partial charge in [-0.15, -0.1) is 0 Å². The molecule has 0 aliphatic carbocycles. The Morgan fingerprint density at radius 3 is 2.79 bits per heavy atom. The largest absolute Gasteiger partial charge is 0.504 e. The van der Waals surface area contributed by atoms with Gasteiger partial charge in [0.2, 0.25) is 11.8 Å².